The zero-order valence-corrected chi connectivity index (χ0v) is 22.8. The molecule has 36 heavy (non-hydrogen) atoms. The number of ether oxygens (including phenoxy) is 2. The number of morpholine rings is 1. The second-order valence-corrected chi connectivity index (χ2v) is 12.1. The van der Waals surface area contributed by atoms with E-state index in [1.165, 1.54) is 27.8 Å². The Kier molecular flexibility index (Phi) is 7.96. The Morgan fingerprint density at radius 1 is 1.11 bits per heavy atom. The lowest BCUT2D eigenvalue weighted by Crippen LogP contribution is -2.48. The summed E-state index contributed by atoms with van der Waals surface area (Å²) in [6.07, 6.45) is -0.355. The highest BCUT2D eigenvalue weighted by atomic mass is 32.2. The fourth-order valence-corrected chi connectivity index (χ4v) is 6.73. The highest BCUT2D eigenvalue weighted by Gasteiger charge is 2.32. The second-order valence-electron chi connectivity index (χ2n) is 9.19. The van der Waals surface area contributed by atoms with Crippen molar-refractivity contribution in [1.82, 2.24) is 14.2 Å². The SMILES string of the molecule is COc1ccc2nc(N(CCN(C)C)C(=O)c3ccc(S(=O)(=O)N4C[C@H](C)O[C@@H](C)C4)cc3)sc2c1. The third kappa shape index (κ3) is 5.70. The van der Waals surface area contributed by atoms with Crippen molar-refractivity contribution in [3.63, 3.8) is 0 Å². The van der Waals surface area contributed by atoms with Gasteiger partial charge in [0, 0.05) is 31.7 Å². The van der Waals surface area contributed by atoms with Crippen molar-refractivity contribution >= 4 is 42.6 Å². The molecule has 2 heterocycles. The molecule has 1 aromatic heterocycles. The molecule has 1 aliphatic rings. The minimum Gasteiger partial charge on any atom is -0.497 e. The molecule has 194 valence electrons. The van der Waals surface area contributed by atoms with E-state index in [0.29, 0.717) is 36.9 Å². The van der Waals surface area contributed by atoms with E-state index in [4.69, 9.17) is 9.47 Å². The van der Waals surface area contributed by atoms with Crippen LogP contribution in [-0.2, 0) is 14.8 Å². The van der Waals surface area contributed by atoms with Crippen molar-refractivity contribution in [2.45, 2.75) is 31.0 Å². The molecule has 0 bridgehead atoms. The third-order valence-electron chi connectivity index (χ3n) is 5.96. The van der Waals surface area contributed by atoms with Crippen molar-refractivity contribution in [2.24, 2.45) is 0 Å². The summed E-state index contributed by atoms with van der Waals surface area (Å²) in [4.78, 5) is 22.1. The van der Waals surface area contributed by atoms with E-state index in [-0.39, 0.29) is 23.0 Å². The maximum absolute atomic E-state index is 13.6. The Labute approximate surface area is 216 Å². The number of carbonyl (C=O) groups is 1. The predicted octanol–water partition coefficient (Wildman–Crippen LogP) is 3.31. The number of fused-ring (bicyclic) bond motifs is 1. The molecule has 0 saturated carbocycles. The summed E-state index contributed by atoms with van der Waals surface area (Å²) in [6, 6.07) is 11.8. The largest absolute Gasteiger partial charge is 0.497 e. The molecule has 3 aromatic rings. The lowest BCUT2D eigenvalue weighted by atomic mass is 10.2. The molecule has 0 spiro atoms. The van der Waals surface area contributed by atoms with Gasteiger partial charge in [0.25, 0.3) is 5.91 Å². The van der Waals surface area contributed by atoms with E-state index < -0.39 is 10.0 Å². The zero-order valence-electron chi connectivity index (χ0n) is 21.2. The maximum atomic E-state index is 13.6. The van der Waals surface area contributed by atoms with Gasteiger partial charge in [-0.15, -0.1) is 0 Å². The van der Waals surface area contributed by atoms with Gasteiger partial charge in [0.1, 0.15) is 5.75 Å². The van der Waals surface area contributed by atoms with Crippen molar-refractivity contribution in [1.29, 1.82) is 0 Å². The first kappa shape index (κ1) is 26.5. The number of hydrogen-bond donors (Lipinski definition) is 0. The van der Waals surface area contributed by atoms with Crippen LogP contribution in [0.1, 0.15) is 24.2 Å². The molecule has 0 N–H and O–H groups in total. The Morgan fingerprint density at radius 2 is 1.78 bits per heavy atom. The summed E-state index contributed by atoms with van der Waals surface area (Å²) in [5.74, 6) is 0.491. The molecular formula is C25H32N4O5S2. The second kappa shape index (κ2) is 10.8. The number of likely N-dealkylation sites (N-methyl/N-ethyl adjacent to an activating group) is 1. The Balaban J connectivity index is 1.61. The summed E-state index contributed by atoms with van der Waals surface area (Å²) >= 11 is 1.42. The smallest absolute Gasteiger partial charge is 0.260 e. The van der Waals surface area contributed by atoms with Crippen LogP contribution >= 0.6 is 11.3 Å². The van der Waals surface area contributed by atoms with Gasteiger partial charge in [-0.3, -0.25) is 9.69 Å². The van der Waals surface area contributed by atoms with Crippen LogP contribution < -0.4 is 9.64 Å². The van der Waals surface area contributed by atoms with Crippen LogP contribution in [0.4, 0.5) is 5.13 Å². The number of benzene rings is 2. The Hall–Kier alpha value is -2.57. The van der Waals surface area contributed by atoms with Crippen molar-refractivity contribution in [3.8, 4) is 5.75 Å². The average Bonchev–Trinajstić information content (AvgIpc) is 3.26. The highest BCUT2D eigenvalue weighted by Crippen LogP contribution is 2.32. The van der Waals surface area contributed by atoms with E-state index in [2.05, 4.69) is 4.98 Å². The number of thiazole rings is 1. The summed E-state index contributed by atoms with van der Waals surface area (Å²) in [5.41, 5.74) is 1.18. The molecule has 1 fully saturated rings. The van der Waals surface area contributed by atoms with Crippen LogP contribution in [-0.4, -0.2) is 88.1 Å². The number of sulfonamides is 1. The van der Waals surface area contributed by atoms with Crippen molar-refractivity contribution in [2.75, 3.05) is 52.3 Å². The number of nitrogens with zero attached hydrogens (tertiary/aromatic N) is 4. The predicted molar refractivity (Wildman–Crippen MR) is 142 cm³/mol. The molecule has 0 radical (unpaired) electrons. The summed E-state index contributed by atoms with van der Waals surface area (Å²) in [6.45, 7) is 5.40. The van der Waals surface area contributed by atoms with Gasteiger partial charge in [-0.2, -0.15) is 4.31 Å². The molecule has 0 aliphatic carbocycles. The maximum Gasteiger partial charge on any atom is 0.260 e. The molecule has 1 amide bonds. The first-order valence-electron chi connectivity index (χ1n) is 11.8. The fraction of sp³-hybridized carbons (Fsp3) is 0.440. The Morgan fingerprint density at radius 3 is 2.39 bits per heavy atom. The average molecular weight is 533 g/mol. The highest BCUT2D eigenvalue weighted by molar-refractivity contribution is 7.89. The summed E-state index contributed by atoms with van der Waals surface area (Å²) in [7, 11) is 1.81. The summed E-state index contributed by atoms with van der Waals surface area (Å²) < 4.78 is 39.7. The van der Waals surface area contributed by atoms with Crippen LogP contribution in [0.25, 0.3) is 10.2 Å². The van der Waals surface area contributed by atoms with E-state index in [0.717, 1.165) is 16.0 Å². The number of carbonyl (C=O) groups excluding carboxylic acids is 1. The van der Waals surface area contributed by atoms with Gasteiger partial charge in [0.15, 0.2) is 5.13 Å². The topological polar surface area (TPSA) is 92.3 Å². The molecule has 4 rings (SSSR count). The molecule has 9 nitrogen and oxygen atoms in total. The van der Waals surface area contributed by atoms with Crippen molar-refractivity contribution < 1.29 is 22.7 Å². The molecular weight excluding hydrogens is 500 g/mol. The minimum atomic E-state index is -3.69. The van der Waals surface area contributed by atoms with Gasteiger partial charge in [-0.05, 0) is 70.4 Å². The molecule has 1 saturated heterocycles. The fourth-order valence-electron chi connectivity index (χ4n) is 4.12. The molecule has 0 unspecified atom stereocenters. The van der Waals surface area contributed by atoms with E-state index >= 15 is 0 Å². The lowest BCUT2D eigenvalue weighted by molar-refractivity contribution is -0.0440. The van der Waals surface area contributed by atoms with Gasteiger partial charge >= 0.3 is 0 Å². The summed E-state index contributed by atoms with van der Waals surface area (Å²) in [5, 5.41) is 0.582. The number of anilines is 1. The van der Waals surface area contributed by atoms with Gasteiger partial charge in [-0.1, -0.05) is 11.3 Å². The molecule has 2 atom stereocenters. The van der Waals surface area contributed by atoms with E-state index in [9.17, 15) is 13.2 Å². The van der Waals surface area contributed by atoms with E-state index in [1.807, 2.05) is 51.0 Å². The molecule has 2 aromatic carbocycles. The monoisotopic (exact) mass is 532 g/mol. The van der Waals surface area contributed by atoms with Crippen LogP contribution in [0, 0.1) is 0 Å². The normalized spacial score (nSPS) is 19.1. The van der Waals surface area contributed by atoms with Gasteiger partial charge in [0.2, 0.25) is 10.0 Å². The number of hydrogen-bond acceptors (Lipinski definition) is 8. The number of methoxy groups -OCH3 is 1. The van der Waals surface area contributed by atoms with Gasteiger partial charge < -0.3 is 14.4 Å². The quantitative estimate of drug-likeness (QED) is 0.440. The van der Waals surface area contributed by atoms with Gasteiger partial charge in [-0.25, -0.2) is 13.4 Å². The number of rotatable bonds is 8. The minimum absolute atomic E-state index is 0.160. The number of amides is 1. The molecule has 11 heteroatoms. The number of aromatic nitrogens is 1. The first-order valence-corrected chi connectivity index (χ1v) is 14.0. The third-order valence-corrected chi connectivity index (χ3v) is 8.84. The van der Waals surface area contributed by atoms with Crippen molar-refractivity contribution in [3.05, 3.63) is 48.0 Å². The van der Waals surface area contributed by atoms with Crippen LogP contribution in [0.5, 0.6) is 5.75 Å². The standard InChI is InChI=1S/C25H32N4O5S2/c1-17-15-28(16-18(2)34-17)36(31,32)21-9-6-19(7-10-21)24(30)29(13-12-27(3)4)25-26-22-11-8-20(33-5)14-23(22)35-25/h6-11,14,17-18H,12-13,15-16H2,1-5H3/t17-,18-/m0/s1. The van der Waals surface area contributed by atoms with Gasteiger partial charge in [0.05, 0.1) is 34.4 Å². The molecule has 1 aliphatic heterocycles. The lowest BCUT2D eigenvalue weighted by Gasteiger charge is -2.34. The first-order chi connectivity index (χ1) is 17.1. The Bertz CT molecular complexity index is 1310. The zero-order chi connectivity index (χ0) is 26.0. The van der Waals surface area contributed by atoms with E-state index in [1.54, 1.807) is 24.1 Å². The van der Waals surface area contributed by atoms with Crippen LogP contribution in [0.2, 0.25) is 0 Å². The van der Waals surface area contributed by atoms with Crippen LogP contribution in [0.15, 0.2) is 47.4 Å². The van der Waals surface area contributed by atoms with Crippen LogP contribution in [0.3, 0.4) is 0 Å².